The van der Waals surface area contributed by atoms with E-state index >= 15 is 0 Å². The van der Waals surface area contributed by atoms with E-state index in [0.29, 0.717) is 0 Å². The molecule has 0 saturated carbocycles. The van der Waals surface area contributed by atoms with Crippen molar-refractivity contribution in [2.24, 2.45) is 7.05 Å². The van der Waals surface area contributed by atoms with E-state index in [1.165, 1.54) is 0 Å². The molecular weight excluding hydrogens is 461 g/mol. The normalized spacial score (nSPS) is 15.7. The van der Waals surface area contributed by atoms with Crippen LogP contribution in [-0.2, 0) is 13.0 Å². The molecule has 1 heterocycles. The van der Waals surface area contributed by atoms with Gasteiger partial charge >= 0.3 is 41.7 Å². The predicted octanol–water partition coefficient (Wildman–Crippen LogP) is 4.23. The zero-order valence-electron chi connectivity index (χ0n) is 13.1. The van der Waals surface area contributed by atoms with Crippen molar-refractivity contribution in [1.82, 2.24) is 14.8 Å². The number of nitrogens with zero attached hydrogens (tertiary/aromatic N) is 3. The van der Waals surface area contributed by atoms with Crippen LogP contribution in [0.2, 0.25) is 0 Å². The summed E-state index contributed by atoms with van der Waals surface area (Å²) in [5.41, 5.74) is 4.69. The summed E-state index contributed by atoms with van der Waals surface area (Å²) >= 11 is 0. The molecule has 1 aromatic rings. The molecule has 2 N–H and O–H groups in total. The van der Waals surface area contributed by atoms with Gasteiger partial charge in [0.05, 0.1) is 0 Å². The second-order valence-corrected chi connectivity index (χ2v) is 5.36. The molecule has 19 heteroatoms. The smallest absolute Gasteiger partial charge is 0.366 e. The lowest BCUT2D eigenvalue weighted by Gasteiger charge is -2.41. The summed E-state index contributed by atoms with van der Waals surface area (Å²) < 4.78 is 195. The lowest BCUT2D eigenvalue weighted by Crippen LogP contribution is -2.72. The molecule has 0 aliphatic rings. The SMILES string of the molecule is Cn1nc(N)nc1C(F)(F)C(F)(F)C(F)(F)C(F)(F)C(F)(F)C(F)(F)C(F)(F)F. The first-order valence-corrected chi connectivity index (χ1v) is 6.42. The molecule has 0 aromatic carbocycles. The number of anilines is 1. The summed E-state index contributed by atoms with van der Waals surface area (Å²) in [6, 6.07) is 0. The molecule has 0 bridgehead atoms. The fourth-order valence-corrected chi connectivity index (χ4v) is 1.78. The summed E-state index contributed by atoms with van der Waals surface area (Å²) in [5.74, 6) is -51.1. The van der Waals surface area contributed by atoms with Crippen molar-refractivity contribution in [3.05, 3.63) is 5.82 Å². The summed E-state index contributed by atoms with van der Waals surface area (Å²) in [6.45, 7) is 0. The minimum absolute atomic E-state index is 0.283. The Bertz CT molecular complexity index is 762. The fourth-order valence-electron chi connectivity index (χ4n) is 1.78. The summed E-state index contributed by atoms with van der Waals surface area (Å²) in [4.78, 5) is 2.30. The van der Waals surface area contributed by atoms with Crippen molar-refractivity contribution in [3.8, 4) is 0 Å². The van der Waals surface area contributed by atoms with Crippen LogP contribution in [0.4, 0.5) is 71.8 Å². The molecule has 0 aliphatic carbocycles. The van der Waals surface area contributed by atoms with Crippen molar-refractivity contribution in [2.45, 2.75) is 41.7 Å². The van der Waals surface area contributed by atoms with E-state index < -0.39 is 58.2 Å². The molecule has 4 nitrogen and oxygen atoms in total. The quantitative estimate of drug-likeness (QED) is 0.639. The van der Waals surface area contributed by atoms with E-state index in [1.807, 2.05) is 0 Å². The topological polar surface area (TPSA) is 56.7 Å². The van der Waals surface area contributed by atoms with E-state index in [9.17, 15) is 65.9 Å². The van der Waals surface area contributed by atoms with Crippen LogP contribution in [0, 0.1) is 0 Å². The Balaban J connectivity index is 3.68. The number of hydrogen-bond donors (Lipinski definition) is 1. The highest BCUT2D eigenvalue weighted by molar-refractivity contribution is 5.21. The van der Waals surface area contributed by atoms with E-state index in [-0.39, 0.29) is 7.05 Å². The Morgan fingerprint density at radius 1 is 0.621 bits per heavy atom. The van der Waals surface area contributed by atoms with Crippen LogP contribution in [0.1, 0.15) is 5.82 Å². The van der Waals surface area contributed by atoms with Gasteiger partial charge in [-0.05, 0) is 0 Å². The Kier molecular flexibility index (Phi) is 5.32. The Morgan fingerprint density at radius 3 is 1.28 bits per heavy atom. The van der Waals surface area contributed by atoms with Crippen LogP contribution in [0.3, 0.4) is 0 Å². The van der Waals surface area contributed by atoms with Crippen LogP contribution in [0.25, 0.3) is 0 Å². The maximum absolute atomic E-state index is 13.8. The van der Waals surface area contributed by atoms with Crippen LogP contribution in [0.5, 0.6) is 0 Å². The standard InChI is InChI=1S/C10H5F15N4/c1-29-2(27-3(26)28-29)4(11,12)5(13,14)6(15,16)7(17,18)8(19,20)9(21,22)10(23,24)25/h1H3,(H2,26,28). The summed E-state index contributed by atoms with van der Waals surface area (Å²) in [5, 5.41) is 2.68. The van der Waals surface area contributed by atoms with Crippen LogP contribution < -0.4 is 5.73 Å². The lowest BCUT2D eigenvalue weighted by molar-refractivity contribution is -0.454. The number of aromatic nitrogens is 3. The van der Waals surface area contributed by atoms with Gasteiger partial charge in [0.25, 0.3) is 0 Å². The van der Waals surface area contributed by atoms with E-state index in [1.54, 1.807) is 0 Å². The van der Waals surface area contributed by atoms with Gasteiger partial charge in [-0.3, -0.25) is 0 Å². The molecule has 0 saturated heterocycles. The molecule has 0 radical (unpaired) electrons. The molecule has 0 fully saturated rings. The number of rotatable bonds is 6. The van der Waals surface area contributed by atoms with E-state index in [0.717, 1.165) is 0 Å². The lowest BCUT2D eigenvalue weighted by atomic mass is 9.91. The van der Waals surface area contributed by atoms with Gasteiger partial charge in [-0.2, -0.15) is 70.8 Å². The van der Waals surface area contributed by atoms with Crippen molar-refractivity contribution in [2.75, 3.05) is 5.73 Å². The monoisotopic (exact) mass is 466 g/mol. The van der Waals surface area contributed by atoms with E-state index in [4.69, 9.17) is 0 Å². The minimum atomic E-state index is -8.35. The molecule has 1 rings (SSSR count). The molecule has 0 amide bonds. The van der Waals surface area contributed by atoms with Crippen molar-refractivity contribution >= 4 is 5.95 Å². The molecule has 1 aromatic heterocycles. The first-order chi connectivity index (χ1) is 12.4. The Labute approximate surface area is 148 Å². The molecular formula is C10H5F15N4. The second-order valence-electron chi connectivity index (χ2n) is 5.36. The number of nitrogens with two attached hydrogens (primary N) is 1. The van der Waals surface area contributed by atoms with Gasteiger partial charge < -0.3 is 5.73 Å². The Morgan fingerprint density at radius 2 is 0.966 bits per heavy atom. The third-order valence-electron chi connectivity index (χ3n) is 3.39. The Hall–Kier alpha value is -2.11. The molecule has 170 valence electrons. The molecule has 0 aliphatic heterocycles. The third-order valence-corrected chi connectivity index (χ3v) is 3.39. The van der Waals surface area contributed by atoms with Crippen LogP contribution in [0.15, 0.2) is 0 Å². The summed E-state index contributed by atoms with van der Waals surface area (Å²) in [6.07, 6.45) is -7.65. The zero-order valence-corrected chi connectivity index (χ0v) is 13.1. The van der Waals surface area contributed by atoms with Gasteiger partial charge in [-0.1, -0.05) is 0 Å². The fraction of sp³-hybridized carbons (Fsp3) is 0.800. The number of hydrogen-bond acceptors (Lipinski definition) is 3. The number of halogens is 15. The van der Waals surface area contributed by atoms with Crippen molar-refractivity contribution in [1.29, 1.82) is 0 Å². The largest absolute Gasteiger partial charge is 0.460 e. The predicted molar refractivity (Wildman–Crippen MR) is 60.1 cm³/mol. The molecule has 29 heavy (non-hydrogen) atoms. The van der Waals surface area contributed by atoms with Crippen LogP contribution in [-0.4, -0.2) is 50.6 Å². The third kappa shape index (κ3) is 3.03. The minimum Gasteiger partial charge on any atom is -0.366 e. The summed E-state index contributed by atoms with van der Waals surface area (Å²) in [7, 11) is 0.283. The highest BCUT2D eigenvalue weighted by Crippen LogP contribution is 2.63. The number of alkyl halides is 15. The number of nitrogen functional groups attached to an aromatic ring is 1. The van der Waals surface area contributed by atoms with Gasteiger partial charge in [-0.25, -0.2) is 4.68 Å². The van der Waals surface area contributed by atoms with Gasteiger partial charge in [0, 0.05) is 7.05 Å². The number of aryl methyl sites for hydroxylation is 1. The highest BCUT2D eigenvalue weighted by atomic mass is 19.4. The van der Waals surface area contributed by atoms with Gasteiger partial charge in [-0.15, -0.1) is 5.10 Å². The first-order valence-electron chi connectivity index (χ1n) is 6.42. The first kappa shape index (κ1) is 24.9. The van der Waals surface area contributed by atoms with Gasteiger partial charge in [0.1, 0.15) is 0 Å². The van der Waals surface area contributed by atoms with Crippen LogP contribution >= 0.6 is 0 Å². The molecule has 0 atom stereocenters. The average molecular weight is 466 g/mol. The maximum atomic E-state index is 13.8. The van der Waals surface area contributed by atoms with Crippen molar-refractivity contribution < 1.29 is 65.9 Å². The van der Waals surface area contributed by atoms with E-state index in [2.05, 4.69) is 15.8 Å². The second kappa shape index (κ2) is 6.19. The highest BCUT2D eigenvalue weighted by Gasteiger charge is 2.93. The molecule has 0 spiro atoms. The molecule has 0 unspecified atom stereocenters. The van der Waals surface area contributed by atoms with Gasteiger partial charge in [0.15, 0.2) is 0 Å². The van der Waals surface area contributed by atoms with Gasteiger partial charge in [0.2, 0.25) is 11.8 Å². The zero-order chi connectivity index (χ0) is 23.6. The average Bonchev–Trinajstić information content (AvgIpc) is 2.84. The van der Waals surface area contributed by atoms with Crippen molar-refractivity contribution in [3.63, 3.8) is 0 Å². The maximum Gasteiger partial charge on any atom is 0.460 e.